The highest BCUT2D eigenvalue weighted by Gasteiger charge is 2.37. The van der Waals surface area contributed by atoms with Crippen molar-refractivity contribution in [1.82, 2.24) is 9.62 Å². The van der Waals surface area contributed by atoms with Crippen LogP contribution in [0.1, 0.15) is 48.8 Å². The number of benzene rings is 4. The Morgan fingerprint density at radius 2 is 1.60 bits per heavy atom. The summed E-state index contributed by atoms with van der Waals surface area (Å²) >= 11 is 0. The van der Waals surface area contributed by atoms with Crippen LogP contribution in [0.3, 0.4) is 0 Å². The van der Waals surface area contributed by atoms with E-state index in [1.165, 1.54) is 59.9 Å². The standard InChI is InChI=1S/C36H37F4N3O4S/c1-23-21-41-22-29(43(23)48(45,46)31-15-13-30(47-2)14-16-31)5-3-6-32-34(40)7-4-8-35(32)42-36(44)20-33(24-9-11-26(37)12-10-24)25-17-27(38)19-28(39)18-25/h4,7-19,23,29,33,41H,3,5-6,20-22H2,1-2H3,(H,42,44). The number of piperazine rings is 1. The Balaban J connectivity index is 1.31. The van der Waals surface area contributed by atoms with Gasteiger partial charge in [-0.2, -0.15) is 4.31 Å². The second-order valence-corrected chi connectivity index (χ2v) is 13.7. The molecule has 2 N–H and O–H groups in total. The van der Waals surface area contributed by atoms with Crippen LogP contribution in [0.5, 0.6) is 5.75 Å². The van der Waals surface area contributed by atoms with E-state index >= 15 is 4.39 Å². The highest BCUT2D eigenvalue weighted by atomic mass is 32.2. The fourth-order valence-electron chi connectivity index (χ4n) is 6.26. The molecule has 1 heterocycles. The lowest BCUT2D eigenvalue weighted by Crippen LogP contribution is -2.58. The molecular formula is C36H37F4N3O4S. The molecule has 0 radical (unpaired) electrons. The molecule has 0 aliphatic carbocycles. The quantitative estimate of drug-likeness (QED) is 0.161. The molecule has 5 rings (SSSR count). The zero-order valence-electron chi connectivity index (χ0n) is 26.6. The van der Waals surface area contributed by atoms with Crippen LogP contribution < -0.4 is 15.4 Å². The van der Waals surface area contributed by atoms with Crippen LogP contribution in [-0.4, -0.2) is 50.9 Å². The van der Waals surface area contributed by atoms with Crippen molar-refractivity contribution in [3.8, 4) is 5.75 Å². The number of sulfonamides is 1. The summed E-state index contributed by atoms with van der Waals surface area (Å²) in [4.78, 5) is 13.5. The van der Waals surface area contributed by atoms with E-state index in [9.17, 15) is 26.4 Å². The molecule has 12 heteroatoms. The number of rotatable bonds is 12. The third-order valence-electron chi connectivity index (χ3n) is 8.56. The van der Waals surface area contributed by atoms with Gasteiger partial charge in [-0.05, 0) is 98.0 Å². The van der Waals surface area contributed by atoms with Gasteiger partial charge in [-0.3, -0.25) is 4.79 Å². The second kappa shape index (κ2) is 15.3. The van der Waals surface area contributed by atoms with Crippen LogP contribution in [0, 0.1) is 23.3 Å². The molecule has 3 atom stereocenters. The number of halogens is 4. The lowest BCUT2D eigenvalue weighted by molar-refractivity contribution is -0.116. The maximum atomic E-state index is 15.2. The molecule has 1 aliphatic rings. The predicted molar refractivity (Wildman–Crippen MR) is 175 cm³/mol. The number of hydrogen-bond donors (Lipinski definition) is 2. The number of carbonyl (C=O) groups excluding carboxylic acids is 1. The largest absolute Gasteiger partial charge is 0.497 e. The van der Waals surface area contributed by atoms with Crippen LogP contribution in [0.2, 0.25) is 0 Å². The van der Waals surface area contributed by atoms with E-state index in [1.807, 2.05) is 6.92 Å². The van der Waals surface area contributed by atoms with Gasteiger partial charge >= 0.3 is 0 Å². The van der Waals surface area contributed by atoms with Gasteiger partial charge in [-0.1, -0.05) is 18.2 Å². The maximum absolute atomic E-state index is 15.2. The van der Waals surface area contributed by atoms with Crippen LogP contribution in [-0.2, 0) is 21.2 Å². The number of hydrogen-bond acceptors (Lipinski definition) is 5. The van der Waals surface area contributed by atoms with E-state index < -0.39 is 51.2 Å². The van der Waals surface area contributed by atoms with Crippen molar-refractivity contribution >= 4 is 21.6 Å². The van der Waals surface area contributed by atoms with Gasteiger partial charge in [-0.15, -0.1) is 0 Å². The fourth-order valence-corrected chi connectivity index (χ4v) is 8.11. The maximum Gasteiger partial charge on any atom is 0.243 e. The summed E-state index contributed by atoms with van der Waals surface area (Å²) in [5, 5.41) is 6.04. The Morgan fingerprint density at radius 1 is 0.917 bits per heavy atom. The van der Waals surface area contributed by atoms with Gasteiger partial charge in [0.1, 0.15) is 29.0 Å². The monoisotopic (exact) mass is 683 g/mol. The normalized spacial score (nSPS) is 17.5. The van der Waals surface area contributed by atoms with Crippen molar-refractivity contribution in [1.29, 1.82) is 0 Å². The first-order chi connectivity index (χ1) is 23.0. The molecule has 4 aromatic carbocycles. The van der Waals surface area contributed by atoms with Gasteiger partial charge in [0, 0.05) is 54.8 Å². The van der Waals surface area contributed by atoms with Gasteiger partial charge in [0.25, 0.3) is 0 Å². The molecule has 0 bridgehead atoms. The third-order valence-corrected chi connectivity index (χ3v) is 10.6. The fraction of sp³-hybridized carbons (Fsp3) is 0.306. The SMILES string of the molecule is COc1ccc(S(=O)(=O)N2C(C)CNCC2CCCc2c(F)cccc2NC(=O)CC(c2ccc(F)cc2)c2cc(F)cc(F)c2)cc1. The van der Waals surface area contributed by atoms with Crippen molar-refractivity contribution in [2.45, 2.75) is 55.5 Å². The number of amides is 1. The molecule has 0 spiro atoms. The molecule has 0 saturated carbocycles. The number of methoxy groups -OCH3 is 1. The van der Waals surface area contributed by atoms with Crippen molar-refractivity contribution < 1.29 is 35.5 Å². The molecule has 254 valence electrons. The summed E-state index contributed by atoms with van der Waals surface area (Å²) in [6.07, 6.45) is 0.791. The van der Waals surface area contributed by atoms with Crippen LogP contribution in [0.15, 0.2) is 89.8 Å². The molecule has 1 saturated heterocycles. The zero-order valence-corrected chi connectivity index (χ0v) is 27.4. The number of carbonyl (C=O) groups is 1. The van der Waals surface area contributed by atoms with Crippen molar-refractivity contribution in [3.05, 3.63) is 125 Å². The van der Waals surface area contributed by atoms with E-state index in [4.69, 9.17) is 4.74 Å². The topological polar surface area (TPSA) is 87.7 Å². The van der Waals surface area contributed by atoms with Gasteiger partial charge < -0.3 is 15.4 Å². The summed E-state index contributed by atoms with van der Waals surface area (Å²) in [5.74, 6) is -3.48. The Labute approximate surface area is 278 Å². The molecule has 1 fully saturated rings. The molecule has 4 aromatic rings. The van der Waals surface area contributed by atoms with Gasteiger partial charge in [-0.25, -0.2) is 26.0 Å². The molecule has 48 heavy (non-hydrogen) atoms. The zero-order chi connectivity index (χ0) is 34.4. The van der Waals surface area contributed by atoms with Crippen molar-refractivity contribution in [2.75, 3.05) is 25.5 Å². The minimum absolute atomic E-state index is 0.154. The summed E-state index contributed by atoms with van der Waals surface area (Å²) in [5.41, 5.74) is 1.15. The van der Waals surface area contributed by atoms with Crippen molar-refractivity contribution in [3.63, 3.8) is 0 Å². The first kappa shape index (κ1) is 35.1. The van der Waals surface area contributed by atoms with E-state index in [1.54, 1.807) is 18.2 Å². The van der Waals surface area contributed by atoms with E-state index in [0.717, 1.165) is 18.2 Å². The van der Waals surface area contributed by atoms with E-state index in [0.29, 0.717) is 37.2 Å². The average Bonchev–Trinajstić information content (AvgIpc) is 3.05. The summed E-state index contributed by atoms with van der Waals surface area (Å²) in [6, 6.07) is 18.1. The van der Waals surface area contributed by atoms with Crippen LogP contribution in [0.25, 0.3) is 0 Å². The first-order valence-electron chi connectivity index (χ1n) is 15.6. The lowest BCUT2D eigenvalue weighted by atomic mass is 9.88. The minimum Gasteiger partial charge on any atom is -0.497 e. The predicted octanol–water partition coefficient (Wildman–Crippen LogP) is 6.79. The number of ether oxygens (including phenoxy) is 1. The number of nitrogens with one attached hydrogen (secondary N) is 2. The molecule has 0 aromatic heterocycles. The molecule has 3 unspecified atom stereocenters. The van der Waals surface area contributed by atoms with Gasteiger partial charge in [0.2, 0.25) is 15.9 Å². The van der Waals surface area contributed by atoms with Crippen LogP contribution >= 0.6 is 0 Å². The highest BCUT2D eigenvalue weighted by molar-refractivity contribution is 7.89. The molecular weight excluding hydrogens is 646 g/mol. The smallest absolute Gasteiger partial charge is 0.243 e. The Bertz CT molecular complexity index is 1820. The summed E-state index contributed by atoms with van der Waals surface area (Å²) < 4.78 is 91.2. The molecule has 1 amide bonds. The van der Waals surface area contributed by atoms with Gasteiger partial charge in [0.15, 0.2) is 0 Å². The third kappa shape index (κ3) is 8.23. The Morgan fingerprint density at radius 3 is 2.27 bits per heavy atom. The molecule has 1 aliphatic heterocycles. The summed E-state index contributed by atoms with van der Waals surface area (Å²) in [7, 11) is -2.33. The first-order valence-corrected chi connectivity index (χ1v) is 17.1. The van der Waals surface area contributed by atoms with E-state index in [2.05, 4.69) is 10.6 Å². The highest BCUT2D eigenvalue weighted by Crippen LogP contribution is 2.32. The number of nitrogens with zero attached hydrogens (tertiary/aromatic N) is 1. The Hall–Kier alpha value is -4.26. The number of anilines is 1. The minimum atomic E-state index is -3.84. The van der Waals surface area contributed by atoms with E-state index in [-0.39, 0.29) is 40.6 Å². The lowest BCUT2D eigenvalue weighted by Gasteiger charge is -2.40. The Kier molecular flexibility index (Phi) is 11.2. The molecule has 7 nitrogen and oxygen atoms in total. The van der Waals surface area contributed by atoms with Crippen LogP contribution in [0.4, 0.5) is 23.2 Å². The second-order valence-electron chi connectivity index (χ2n) is 11.9. The summed E-state index contributed by atoms with van der Waals surface area (Å²) in [6.45, 7) is 2.74. The van der Waals surface area contributed by atoms with Crippen molar-refractivity contribution in [2.24, 2.45) is 0 Å². The average molecular weight is 684 g/mol. The van der Waals surface area contributed by atoms with Gasteiger partial charge in [0.05, 0.1) is 12.0 Å².